The fourth-order valence-electron chi connectivity index (χ4n) is 2.12. The molecule has 0 unspecified atom stereocenters. The minimum Gasteiger partial charge on any atom is -0.457 e. The summed E-state index contributed by atoms with van der Waals surface area (Å²) in [7, 11) is 0. The number of nitrogens with one attached hydrogen (secondary N) is 1. The normalized spacial score (nSPS) is 17.3. The lowest BCUT2D eigenvalue weighted by Crippen LogP contribution is -2.43. The van der Waals surface area contributed by atoms with Crippen molar-refractivity contribution >= 4 is 43.8 Å². The van der Waals surface area contributed by atoms with Crippen molar-refractivity contribution in [2.45, 2.75) is 36.0 Å². The smallest absolute Gasteiger partial charge is 0.344 e. The van der Waals surface area contributed by atoms with E-state index in [0.717, 1.165) is 25.9 Å². The van der Waals surface area contributed by atoms with Crippen LogP contribution in [0.3, 0.4) is 0 Å². The lowest BCUT2D eigenvalue weighted by molar-refractivity contribution is -0.171. The van der Waals surface area contributed by atoms with Gasteiger partial charge in [0.2, 0.25) is 0 Å². The molecule has 1 rings (SSSR count). The minimum absolute atomic E-state index is 0.327. The molecule has 19 heavy (non-hydrogen) atoms. The quantitative estimate of drug-likeness (QED) is 0.564. The first kappa shape index (κ1) is 16.9. The third kappa shape index (κ3) is 5.79. The molecule has 1 aliphatic rings. The molecule has 1 heterocycles. The van der Waals surface area contributed by atoms with Crippen molar-refractivity contribution in [3.63, 3.8) is 0 Å². The molecular formula is C12H19Br2NO4. The molecule has 1 aliphatic heterocycles. The van der Waals surface area contributed by atoms with Gasteiger partial charge in [-0.25, -0.2) is 9.59 Å². The first-order chi connectivity index (χ1) is 8.83. The molecule has 0 atom stereocenters. The molecule has 110 valence electrons. The molecule has 0 amide bonds. The maximum atomic E-state index is 11.7. The zero-order valence-corrected chi connectivity index (χ0v) is 14.3. The van der Waals surface area contributed by atoms with Gasteiger partial charge < -0.3 is 14.8 Å². The number of carbonyl (C=O) groups is 2. The van der Waals surface area contributed by atoms with Crippen LogP contribution in [0, 0.1) is 5.92 Å². The molecule has 0 aromatic carbocycles. The maximum Gasteiger partial charge on any atom is 0.344 e. The second-order valence-corrected chi connectivity index (χ2v) is 8.07. The summed E-state index contributed by atoms with van der Waals surface area (Å²) in [5.41, 5.74) is -0.534. The summed E-state index contributed by atoms with van der Waals surface area (Å²) in [5, 5.41) is 3.27. The van der Waals surface area contributed by atoms with Gasteiger partial charge in [-0.1, -0.05) is 31.9 Å². The molecule has 1 fully saturated rings. The highest BCUT2D eigenvalue weighted by Crippen LogP contribution is 2.29. The SMILES string of the molecule is CC(C)(OC(=O)COC(=O)C(Br)Br)C1CCNCC1. The van der Waals surface area contributed by atoms with Crippen LogP contribution in [0.4, 0.5) is 0 Å². The van der Waals surface area contributed by atoms with Gasteiger partial charge in [-0.3, -0.25) is 0 Å². The fourth-order valence-corrected chi connectivity index (χ4v) is 2.38. The second-order valence-electron chi connectivity index (χ2n) is 5.01. The highest BCUT2D eigenvalue weighted by molar-refractivity contribution is 9.25. The van der Waals surface area contributed by atoms with Gasteiger partial charge in [-0.15, -0.1) is 0 Å². The predicted molar refractivity (Wildman–Crippen MR) is 78.4 cm³/mol. The fraction of sp³-hybridized carbons (Fsp3) is 0.833. The standard InChI is InChI=1S/C12H19Br2NO4/c1-12(2,8-3-5-15-6-4-8)19-9(16)7-18-11(17)10(13)14/h8,10,15H,3-7H2,1-2H3. The number of alkyl halides is 2. The molecule has 5 nitrogen and oxygen atoms in total. The van der Waals surface area contributed by atoms with Crippen LogP contribution < -0.4 is 5.32 Å². The first-order valence-corrected chi connectivity index (χ1v) is 8.03. The zero-order chi connectivity index (χ0) is 14.5. The summed E-state index contributed by atoms with van der Waals surface area (Å²) in [6, 6.07) is 0. The van der Waals surface area contributed by atoms with E-state index in [-0.39, 0.29) is 6.61 Å². The molecule has 0 radical (unpaired) electrons. The summed E-state index contributed by atoms with van der Waals surface area (Å²) in [4.78, 5) is 22.9. The number of esters is 2. The highest BCUT2D eigenvalue weighted by atomic mass is 79.9. The Bertz CT molecular complexity index is 328. The van der Waals surface area contributed by atoms with Gasteiger partial charge in [0.1, 0.15) is 5.60 Å². The van der Waals surface area contributed by atoms with E-state index in [2.05, 4.69) is 37.2 Å². The Balaban J connectivity index is 2.39. The Morgan fingerprint density at radius 3 is 2.42 bits per heavy atom. The summed E-state index contributed by atoms with van der Waals surface area (Å²) < 4.78 is 9.61. The molecule has 1 saturated heterocycles. The van der Waals surface area contributed by atoms with Gasteiger partial charge in [-0.05, 0) is 39.8 Å². The molecule has 0 aromatic heterocycles. The number of halogens is 2. The Kier molecular flexibility index (Phi) is 6.76. The zero-order valence-electron chi connectivity index (χ0n) is 11.1. The van der Waals surface area contributed by atoms with Crippen LogP contribution in [0.15, 0.2) is 0 Å². The third-order valence-corrected chi connectivity index (χ3v) is 3.96. The average molecular weight is 401 g/mol. The monoisotopic (exact) mass is 399 g/mol. The van der Waals surface area contributed by atoms with Crippen molar-refractivity contribution < 1.29 is 19.1 Å². The van der Waals surface area contributed by atoms with E-state index in [9.17, 15) is 9.59 Å². The van der Waals surface area contributed by atoms with E-state index in [1.54, 1.807) is 0 Å². The van der Waals surface area contributed by atoms with Gasteiger partial charge in [-0.2, -0.15) is 0 Å². The summed E-state index contributed by atoms with van der Waals surface area (Å²) in [6.07, 6.45) is 1.95. The first-order valence-electron chi connectivity index (χ1n) is 6.20. The van der Waals surface area contributed by atoms with Crippen molar-refractivity contribution in [1.29, 1.82) is 0 Å². The van der Waals surface area contributed by atoms with Crippen molar-refractivity contribution in [1.82, 2.24) is 5.32 Å². The Morgan fingerprint density at radius 2 is 1.89 bits per heavy atom. The molecular weight excluding hydrogens is 382 g/mol. The van der Waals surface area contributed by atoms with E-state index in [4.69, 9.17) is 9.47 Å². The van der Waals surface area contributed by atoms with E-state index < -0.39 is 21.3 Å². The summed E-state index contributed by atoms with van der Waals surface area (Å²) in [5.74, 6) is -0.734. The van der Waals surface area contributed by atoms with E-state index >= 15 is 0 Å². The molecule has 0 aromatic rings. The van der Waals surface area contributed by atoms with Crippen LogP contribution >= 0.6 is 31.9 Å². The molecule has 7 heteroatoms. The van der Waals surface area contributed by atoms with Gasteiger partial charge >= 0.3 is 11.9 Å². The molecule has 0 aliphatic carbocycles. The van der Waals surface area contributed by atoms with E-state index in [1.807, 2.05) is 13.8 Å². The molecule has 0 saturated carbocycles. The predicted octanol–water partition coefficient (Wildman–Crippen LogP) is 1.97. The number of ether oxygens (including phenoxy) is 2. The van der Waals surface area contributed by atoms with Crippen LogP contribution in [0.5, 0.6) is 0 Å². The molecule has 0 bridgehead atoms. The van der Waals surface area contributed by atoms with E-state index in [1.165, 1.54) is 0 Å². The van der Waals surface area contributed by atoms with Gasteiger partial charge in [0.15, 0.2) is 10.3 Å². The van der Waals surface area contributed by atoms with Crippen molar-refractivity contribution in [3.8, 4) is 0 Å². The number of hydrogen-bond acceptors (Lipinski definition) is 5. The largest absolute Gasteiger partial charge is 0.457 e. The topological polar surface area (TPSA) is 64.6 Å². The Labute approximate surface area is 130 Å². The summed E-state index contributed by atoms with van der Waals surface area (Å²) >= 11 is 5.99. The number of rotatable bonds is 5. The van der Waals surface area contributed by atoms with Crippen molar-refractivity contribution in [2.75, 3.05) is 19.7 Å². The highest BCUT2D eigenvalue weighted by Gasteiger charge is 2.34. The average Bonchev–Trinajstić information content (AvgIpc) is 2.36. The van der Waals surface area contributed by atoms with Crippen LogP contribution in [0.25, 0.3) is 0 Å². The second kappa shape index (κ2) is 7.59. The number of carbonyl (C=O) groups excluding carboxylic acids is 2. The Hall–Kier alpha value is -0.140. The van der Waals surface area contributed by atoms with Gasteiger partial charge in [0.25, 0.3) is 0 Å². The number of piperidine rings is 1. The number of hydrogen-bond donors (Lipinski definition) is 1. The van der Waals surface area contributed by atoms with Gasteiger partial charge in [0.05, 0.1) is 0 Å². The molecule has 0 spiro atoms. The van der Waals surface area contributed by atoms with Crippen LogP contribution in [0.2, 0.25) is 0 Å². The van der Waals surface area contributed by atoms with Crippen LogP contribution in [-0.4, -0.2) is 41.0 Å². The maximum absolute atomic E-state index is 11.7. The minimum atomic E-state index is -0.606. The third-order valence-electron chi connectivity index (χ3n) is 3.21. The van der Waals surface area contributed by atoms with Crippen LogP contribution in [0.1, 0.15) is 26.7 Å². The molecule has 1 N–H and O–H groups in total. The van der Waals surface area contributed by atoms with Gasteiger partial charge in [0, 0.05) is 5.92 Å². The van der Waals surface area contributed by atoms with E-state index in [0.29, 0.717) is 5.92 Å². The van der Waals surface area contributed by atoms with Crippen molar-refractivity contribution in [2.24, 2.45) is 5.92 Å². The van der Waals surface area contributed by atoms with Crippen LogP contribution in [-0.2, 0) is 19.1 Å². The van der Waals surface area contributed by atoms with Crippen molar-refractivity contribution in [3.05, 3.63) is 0 Å². The lowest BCUT2D eigenvalue weighted by Gasteiger charge is -2.36. The Morgan fingerprint density at radius 1 is 1.32 bits per heavy atom. The summed E-state index contributed by atoms with van der Waals surface area (Å²) in [6.45, 7) is 5.33. The lowest BCUT2D eigenvalue weighted by atomic mass is 9.83.